The van der Waals surface area contributed by atoms with Gasteiger partial charge < -0.3 is 16.2 Å². The standard InChI is InChI=1S/C9H9ClN2O3/c10-5-1-3-6(4-2-5)15-7(8(11)13)9(12)14/h1-4,7H,(H2,11,13)(H2,12,14). The van der Waals surface area contributed by atoms with Crippen molar-refractivity contribution >= 4 is 23.4 Å². The second kappa shape index (κ2) is 4.65. The van der Waals surface area contributed by atoms with E-state index in [1.807, 2.05) is 0 Å². The van der Waals surface area contributed by atoms with Crippen LogP contribution in [0.15, 0.2) is 24.3 Å². The summed E-state index contributed by atoms with van der Waals surface area (Å²) in [4.78, 5) is 21.6. The predicted molar refractivity (Wildman–Crippen MR) is 54.3 cm³/mol. The number of amides is 2. The van der Waals surface area contributed by atoms with Crippen LogP contribution in [0.25, 0.3) is 0 Å². The Balaban J connectivity index is 2.79. The minimum absolute atomic E-state index is 0.294. The predicted octanol–water partition coefficient (Wildman–Crippen LogP) is 0.0580. The molecule has 0 aliphatic carbocycles. The highest BCUT2D eigenvalue weighted by molar-refractivity contribution is 6.30. The lowest BCUT2D eigenvalue weighted by Crippen LogP contribution is -2.44. The number of nitrogens with two attached hydrogens (primary N) is 2. The molecule has 0 aromatic heterocycles. The Morgan fingerprint density at radius 1 is 1.13 bits per heavy atom. The Morgan fingerprint density at radius 2 is 1.60 bits per heavy atom. The topological polar surface area (TPSA) is 95.4 Å². The molecule has 0 heterocycles. The summed E-state index contributed by atoms with van der Waals surface area (Å²) in [5.41, 5.74) is 9.85. The number of hydrogen-bond donors (Lipinski definition) is 2. The molecule has 1 rings (SSSR count). The van der Waals surface area contributed by atoms with Crippen LogP contribution in [0.4, 0.5) is 0 Å². The molecule has 0 unspecified atom stereocenters. The fraction of sp³-hybridized carbons (Fsp3) is 0.111. The van der Waals surface area contributed by atoms with E-state index >= 15 is 0 Å². The Kier molecular flexibility index (Phi) is 3.51. The number of hydrogen-bond acceptors (Lipinski definition) is 3. The number of carbonyl (C=O) groups is 2. The molecule has 1 aromatic rings. The molecule has 0 atom stereocenters. The lowest BCUT2D eigenvalue weighted by Gasteiger charge is -2.12. The van der Waals surface area contributed by atoms with Crippen LogP contribution in [0.1, 0.15) is 0 Å². The third-order valence-corrected chi connectivity index (χ3v) is 1.84. The zero-order valence-electron chi connectivity index (χ0n) is 7.64. The normalized spacial score (nSPS) is 10.0. The van der Waals surface area contributed by atoms with Crippen LogP contribution in [-0.2, 0) is 9.59 Å². The van der Waals surface area contributed by atoms with Gasteiger partial charge in [-0.25, -0.2) is 0 Å². The first kappa shape index (κ1) is 11.3. The van der Waals surface area contributed by atoms with Crippen LogP contribution in [0, 0.1) is 0 Å². The van der Waals surface area contributed by atoms with Gasteiger partial charge in [0.05, 0.1) is 0 Å². The smallest absolute Gasteiger partial charge is 0.268 e. The monoisotopic (exact) mass is 228 g/mol. The van der Waals surface area contributed by atoms with E-state index < -0.39 is 17.9 Å². The molecule has 5 nitrogen and oxygen atoms in total. The number of rotatable bonds is 4. The van der Waals surface area contributed by atoms with Gasteiger partial charge in [-0.3, -0.25) is 9.59 Å². The highest BCUT2D eigenvalue weighted by Gasteiger charge is 2.23. The van der Waals surface area contributed by atoms with Crippen molar-refractivity contribution in [3.63, 3.8) is 0 Å². The van der Waals surface area contributed by atoms with Gasteiger partial charge in [-0.15, -0.1) is 0 Å². The molecule has 2 amide bonds. The van der Waals surface area contributed by atoms with E-state index in [4.69, 9.17) is 27.8 Å². The summed E-state index contributed by atoms with van der Waals surface area (Å²) >= 11 is 5.63. The molecule has 0 saturated heterocycles. The van der Waals surface area contributed by atoms with E-state index in [1.165, 1.54) is 12.1 Å². The van der Waals surface area contributed by atoms with Crippen molar-refractivity contribution in [3.05, 3.63) is 29.3 Å². The molecule has 1 aromatic carbocycles. The van der Waals surface area contributed by atoms with E-state index in [1.54, 1.807) is 12.1 Å². The number of primary amides is 2. The first-order valence-corrected chi connectivity index (χ1v) is 4.39. The second-order valence-electron chi connectivity index (χ2n) is 2.76. The van der Waals surface area contributed by atoms with Gasteiger partial charge in [-0.1, -0.05) is 11.6 Å². The number of carbonyl (C=O) groups excluding carboxylic acids is 2. The van der Waals surface area contributed by atoms with Crippen molar-refractivity contribution in [3.8, 4) is 5.75 Å². The highest BCUT2D eigenvalue weighted by Crippen LogP contribution is 2.16. The van der Waals surface area contributed by atoms with Gasteiger partial charge in [0.15, 0.2) is 0 Å². The maximum atomic E-state index is 10.8. The Labute approximate surface area is 90.9 Å². The second-order valence-corrected chi connectivity index (χ2v) is 3.19. The van der Waals surface area contributed by atoms with E-state index in [9.17, 15) is 9.59 Å². The van der Waals surface area contributed by atoms with Gasteiger partial charge >= 0.3 is 0 Å². The summed E-state index contributed by atoms with van der Waals surface area (Å²) in [6, 6.07) is 6.11. The summed E-state index contributed by atoms with van der Waals surface area (Å²) < 4.78 is 4.98. The maximum absolute atomic E-state index is 10.8. The van der Waals surface area contributed by atoms with Gasteiger partial charge in [0.25, 0.3) is 17.9 Å². The summed E-state index contributed by atoms with van der Waals surface area (Å²) in [5, 5.41) is 0.511. The molecule has 15 heavy (non-hydrogen) atoms. The van der Waals surface area contributed by atoms with Gasteiger partial charge in [0.2, 0.25) is 0 Å². The SMILES string of the molecule is NC(=O)C(Oc1ccc(Cl)cc1)C(N)=O. The van der Waals surface area contributed by atoms with Crippen molar-refractivity contribution in [1.29, 1.82) is 0 Å². The zero-order valence-corrected chi connectivity index (χ0v) is 8.40. The minimum atomic E-state index is -1.47. The lowest BCUT2D eigenvalue weighted by molar-refractivity contribution is -0.135. The van der Waals surface area contributed by atoms with Gasteiger partial charge in [0.1, 0.15) is 5.75 Å². The van der Waals surface area contributed by atoms with E-state index in [2.05, 4.69) is 0 Å². The van der Waals surface area contributed by atoms with Crippen LogP contribution in [0.2, 0.25) is 5.02 Å². The fourth-order valence-corrected chi connectivity index (χ4v) is 1.03. The first-order chi connectivity index (χ1) is 7.00. The number of benzene rings is 1. The highest BCUT2D eigenvalue weighted by atomic mass is 35.5. The van der Waals surface area contributed by atoms with Crippen molar-refractivity contribution in [1.82, 2.24) is 0 Å². The average Bonchev–Trinajstić information content (AvgIpc) is 2.15. The summed E-state index contributed by atoms with van der Waals surface area (Å²) in [5.74, 6) is -1.57. The third-order valence-electron chi connectivity index (χ3n) is 1.58. The van der Waals surface area contributed by atoms with Crippen LogP contribution in [-0.4, -0.2) is 17.9 Å². The molecule has 0 radical (unpaired) electrons. The molecule has 0 spiro atoms. The Bertz CT molecular complexity index is 363. The molecular weight excluding hydrogens is 220 g/mol. The molecule has 0 saturated carbocycles. The van der Waals surface area contributed by atoms with E-state index in [0.29, 0.717) is 10.8 Å². The molecule has 0 fully saturated rings. The van der Waals surface area contributed by atoms with Crippen LogP contribution in [0.5, 0.6) is 5.75 Å². The van der Waals surface area contributed by atoms with E-state index in [-0.39, 0.29) is 0 Å². The lowest BCUT2D eigenvalue weighted by atomic mass is 10.3. The van der Waals surface area contributed by atoms with Crippen LogP contribution >= 0.6 is 11.6 Å². The molecule has 0 aliphatic heterocycles. The van der Waals surface area contributed by atoms with Crippen molar-refractivity contribution < 1.29 is 14.3 Å². The van der Waals surface area contributed by atoms with Crippen molar-refractivity contribution in [2.45, 2.75) is 6.10 Å². The van der Waals surface area contributed by atoms with E-state index in [0.717, 1.165) is 0 Å². The van der Waals surface area contributed by atoms with Crippen LogP contribution in [0.3, 0.4) is 0 Å². The molecule has 0 bridgehead atoms. The fourth-order valence-electron chi connectivity index (χ4n) is 0.906. The Morgan fingerprint density at radius 3 is 2.00 bits per heavy atom. The molecular formula is C9H9ClN2O3. The minimum Gasteiger partial charge on any atom is -0.471 e. The molecule has 0 aliphatic rings. The summed E-state index contributed by atoms with van der Waals surface area (Å²) in [7, 11) is 0. The van der Waals surface area contributed by atoms with Gasteiger partial charge in [-0.05, 0) is 24.3 Å². The molecule has 6 heteroatoms. The third kappa shape index (κ3) is 3.14. The van der Waals surface area contributed by atoms with Gasteiger partial charge in [-0.2, -0.15) is 0 Å². The van der Waals surface area contributed by atoms with Gasteiger partial charge in [0, 0.05) is 5.02 Å². The van der Waals surface area contributed by atoms with Crippen LogP contribution < -0.4 is 16.2 Å². The molecule has 4 N–H and O–H groups in total. The summed E-state index contributed by atoms with van der Waals surface area (Å²) in [6.07, 6.45) is -1.47. The summed E-state index contributed by atoms with van der Waals surface area (Å²) in [6.45, 7) is 0. The Hall–Kier alpha value is -1.75. The number of ether oxygens (including phenoxy) is 1. The number of halogens is 1. The first-order valence-electron chi connectivity index (χ1n) is 4.01. The average molecular weight is 229 g/mol. The quantitative estimate of drug-likeness (QED) is 0.713. The van der Waals surface area contributed by atoms with Crippen molar-refractivity contribution in [2.75, 3.05) is 0 Å². The van der Waals surface area contributed by atoms with Crippen molar-refractivity contribution in [2.24, 2.45) is 11.5 Å². The zero-order chi connectivity index (χ0) is 11.4. The largest absolute Gasteiger partial charge is 0.471 e. The maximum Gasteiger partial charge on any atom is 0.268 e. The molecule has 80 valence electrons.